The van der Waals surface area contributed by atoms with Crippen LogP contribution < -0.4 is 5.56 Å². The minimum absolute atomic E-state index is 0.0894. The van der Waals surface area contributed by atoms with Crippen LogP contribution in [-0.2, 0) is 0 Å². The molecule has 0 radical (unpaired) electrons. The second-order valence-corrected chi connectivity index (χ2v) is 4.06. The van der Waals surface area contributed by atoms with Crippen LogP contribution in [-0.4, -0.2) is 21.2 Å². The van der Waals surface area contributed by atoms with Crippen molar-refractivity contribution in [3.63, 3.8) is 0 Å². The van der Waals surface area contributed by atoms with Gasteiger partial charge in [-0.1, -0.05) is 6.07 Å². The minimum atomic E-state index is -0.512. The molecule has 0 aliphatic carbocycles. The minimum Gasteiger partial charge on any atom is -0.394 e. The first-order valence-electron chi connectivity index (χ1n) is 5.45. The van der Waals surface area contributed by atoms with Crippen molar-refractivity contribution in [2.24, 2.45) is 0 Å². The first kappa shape index (κ1) is 12.3. The highest BCUT2D eigenvalue weighted by Gasteiger charge is 2.15. The predicted molar refractivity (Wildman–Crippen MR) is 66.7 cm³/mol. The van der Waals surface area contributed by atoms with Crippen LogP contribution in [0.5, 0.6) is 0 Å². The second kappa shape index (κ2) is 4.58. The maximum absolute atomic E-state index is 12.1. The third-order valence-corrected chi connectivity index (χ3v) is 2.89. The highest BCUT2D eigenvalue weighted by molar-refractivity contribution is 5.89. The first-order valence-corrected chi connectivity index (χ1v) is 5.45. The van der Waals surface area contributed by atoms with Crippen LogP contribution in [0.1, 0.15) is 13.0 Å². The summed E-state index contributed by atoms with van der Waals surface area (Å²) in [5.41, 5.74) is -0.425. The van der Waals surface area contributed by atoms with E-state index in [1.165, 1.54) is 29.0 Å². The van der Waals surface area contributed by atoms with Crippen LogP contribution in [0.2, 0.25) is 0 Å². The number of rotatable bonds is 3. The van der Waals surface area contributed by atoms with Gasteiger partial charge in [0.05, 0.1) is 28.3 Å². The summed E-state index contributed by atoms with van der Waals surface area (Å²) in [6.07, 6.45) is 1.47. The Hall–Kier alpha value is -2.21. The Labute approximate surface area is 102 Å². The highest BCUT2D eigenvalue weighted by Crippen LogP contribution is 2.23. The number of fused-ring (bicyclic) bond motifs is 1. The average molecular weight is 248 g/mol. The lowest BCUT2D eigenvalue weighted by molar-refractivity contribution is -0.383. The molecule has 1 heterocycles. The van der Waals surface area contributed by atoms with Crippen LogP contribution in [0.4, 0.5) is 5.69 Å². The van der Waals surface area contributed by atoms with E-state index in [1.54, 1.807) is 13.0 Å². The number of non-ortho nitro benzene ring substituents is 1. The number of hydrogen-bond acceptors (Lipinski definition) is 4. The normalized spacial score (nSPS) is 12.6. The number of benzene rings is 1. The summed E-state index contributed by atoms with van der Waals surface area (Å²) in [7, 11) is 0. The summed E-state index contributed by atoms with van der Waals surface area (Å²) in [6.45, 7) is 1.53. The fourth-order valence-corrected chi connectivity index (χ4v) is 1.87. The Morgan fingerprint density at radius 2 is 2.11 bits per heavy atom. The van der Waals surface area contributed by atoms with Crippen molar-refractivity contribution in [3.8, 4) is 0 Å². The SMILES string of the molecule is CC(CO)n1ccc2c([N+](=O)[O-])cccc2c1=O. The lowest BCUT2D eigenvalue weighted by Gasteiger charge is -2.12. The van der Waals surface area contributed by atoms with Gasteiger partial charge >= 0.3 is 0 Å². The molecule has 0 saturated carbocycles. The van der Waals surface area contributed by atoms with E-state index in [4.69, 9.17) is 5.11 Å². The molecule has 0 bridgehead atoms. The molecule has 0 fully saturated rings. The second-order valence-electron chi connectivity index (χ2n) is 4.06. The zero-order chi connectivity index (χ0) is 13.3. The molecule has 6 heteroatoms. The summed E-state index contributed by atoms with van der Waals surface area (Å²) in [4.78, 5) is 22.5. The van der Waals surface area contributed by atoms with E-state index >= 15 is 0 Å². The Morgan fingerprint density at radius 3 is 2.72 bits per heavy atom. The molecule has 94 valence electrons. The van der Waals surface area contributed by atoms with Gasteiger partial charge in [-0.25, -0.2) is 0 Å². The van der Waals surface area contributed by atoms with Gasteiger partial charge in [0.25, 0.3) is 11.2 Å². The number of aromatic nitrogens is 1. The van der Waals surface area contributed by atoms with Crippen LogP contribution in [0, 0.1) is 10.1 Å². The van der Waals surface area contributed by atoms with Crippen molar-refractivity contribution in [2.75, 3.05) is 6.61 Å². The van der Waals surface area contributed by atoms with Gasteiger partial charge in [-0.05, 0) is 19.1 Å². The fraction of sp³-hybridized carbons (Fsp3) is 0.250. The number of pyridine rings is 1. The van der Waals surface area contributed by atoms with Gasteiger partial charge in [-0.3, -0.25) is 14.9 Å². The largest absolute Gasteiger partial charge is 0.394 e. The van der Waals surface area contributed by atoms with E-state index in [1.807, 2.05) is 0 Å². The van der Waals surface area contributed by atoms with Crippen molar-refractivity contribution in [1.82, 2.24) is 4.57 Å². The monoisotopic (exact) mass is 248 g/mol. The molecule has 6 nitrogen and oxygen atoms in total. The molecule has 0 spiro atoms. The smallest absolute Gasteiger partial charge is 0.277 e. The lowest BCUT2D eigenvalue weighted by atomic mass is 10.1. The van der Waals surface area contributed by atoms with Crippen LogP contribution in [0.3, 0.4) is 0 Å². The quantitative estimate of drug-likeness (QED) is 0.658. The maximum atomic E-state index is 12.1. The van der Waals surface area contributed by atoms with E-state index in [0.29, 0.717) is 5.39 Å². The summed E-state index contributed by atoms with van der Waals surface area (Å²) in [5.74, 6) is 0. The van der Waals surface area contributed by atoms with Crippen molar-refractivity contribution < 1.29 is 10.0 Å². The molecule has 0 saturated heterocycles. The van der Waals surface area contributed by atoms with Gasteiger partial charge in [0.2, 0.25) is 0 Å². The number of nitro benzene ring substituents is 1. The van der Waals surface area contributed by atoms with Gasteiger partial charge in [0, 0.05) is 12.3 Å². The Morgan fingerprint density at radius 1 is 1.39 bits per heavy atom. The molecule has 18 heavy (non-hydrogen) atoms. The molecule has 0 amide bonds. The summed E-state index contributed by atoms with van der Waals surface area (Å²) in [5, 5.41) is 20.5. The third kappa shape index (κ3) is 1.86. The van der Waals surface area contributed by atoms with Crippen molar-refractivity contribution in [3.05, 3.63) is 50.9 Å². The van der Waals surface area contributed by atoms with Crippen LogP contribution in [0.25, 0.3) is 10.8 Å². The molecule has 0 aliphatic rings. The van der Waals surface area contributed by atoms with Gasteiger partial charge < -0.3 is 9.67 Å². The van der Waals surface area contributed by atoms with Crippen molar-refractivity contribution in [1.29, 1.82) is 0 Å². The van der Waals surface area contributed by atoms with E-state index in [2.05, 4.69) is 0 Å². The Bertz CT molecular complexity index is 663. The molecular formula is C12H12N2O4. The molecule has 1 unspecified atom stereocenters. The van der Waals surface area contributed by atoms with Gasteiger partial charge in [0.15, 0.2) is 0 Å². The number of nitro groups is 1. The maximum Gasteiger partial charge on any atom is 0.277 e. The molecule has 1 atom stereocenters. The lowest BCUT2D eigenvalue weighted by Crippen LogP contribution is -2.24. The van der Waals surface area contributed by atoms with E-state index in [9.17, 15) is 14.9 Å². The molecule has 2 rings (SSSR count). The molecule has 1 aromatic heterocycles. The van der Waals surface area contributed by atoms with E-state index < -0.39 is 4.92 Å². The number of hydrogen-bond donors (Lipinski definition) is 1. The summed E-state index contributed by atoms with van der Waals surface area (Å²) >= 11 is 0. The summed E-state index contributed by atoms with van der Waals surface area (Å²) in [6, 6.07) is 5.56. The number of nitrogens with zero attached hydrogens (tertiary/aromatic N) is 2. The number of aliphatic hydroxyl groups is 1. The van der Waals surface area contributed by atoms with Gasteiger partial charge in [0.1, 0.15) is 0 Å². The highest BCUT2D eigenvalue weighted by atomic mass is 16.6. The van der Waals surface area contributed by atoms with Gasteiger partial charge in [-0.15, -0.1) is 0 Å². The standard InChI is InChI=1S/C12H12N2O4/c1-8(7-15)13-6-5-9-10(12(13)16)3-2-4-11(9)14(17)18/h2-6,8,15H,7H2,1H3. The van der Waals surface area contributed by atoms with Gasteiger partial charge in [-0.2, -0.15) is 0 Å². The zero-order valence-corrected chi connectivity index (χ0v) is 9.74. The van der Waals surface area contributed by atoms with E-state index in [-0.39, 0.29) is 29.3 Å². The first-order chi connectivity index (χ1) is 8.56. The molecule has 0 aliphatic heterocycles. The average Bonchev–Trinajstić information content (AvgIpc) is 2.37. The van der Waals surface area contributed by atoms with Crippen molar-refractivity contribution >= 4 is 16.5 Å². The predicted octanol–water partition coefficient (Wildman–Crippen LogP) is 1.46. The van der Waals surface area contributed by atoms with Crippen molar-refractivity contribution in [2.45, 2.75) is 13.0 Å². The van der Waals surface area contributed by atoms with Crippen LogP contribution in [0.15, 0.2) is 35.3 Å². The molecule has 1 aromatic carbocycles. The Kier molecular flexibility index (Phi) is 3.12. The fourth-order valence-electron chi connectivity index (χ4n) is 1.87. The molecule has 1 N–H and O–H groups in total. The summed E-state index contributed by atoms with van der Waals surface area (Å²) < 4.78 is 1.37. The third-order valence-electron chi connectivity index (χ3n) is 2.89. The topological polar surface area (TPSA) is 85.4 Å². The Balaban J connectivity index is 2.78. The van der Waals surface area contributed by atoms with Crippen LogP contribution >= 0.6 is 0 Å². The van der Waals surface area contributed by atoms with E-state index in [0.717, 1.165) is 0 Å². The number of aliphatic hydroxyl groups excluding tert-OH is 1. The molecule has 2 aromatic rings. The zero-order valence-electron chi connectivity index (χ0n) is 9.74. The molecular weight excluding hydrogens is 236 g/mol.